The number of aromatic nitrogens is 3. The van der Waals surface area contributed by atoms with Gasteiger partial charge in [-0.15, -0.1) is 0 Å². The highest BCUT2D eigenvalue weighted by Crippen LogP contribution is 2.42. The van der Waals surface area contributed by atoms with Crippen molar-refractivity contribution in [3.63, 3.8) is 0 Å². The molecule has 0 saturated carbocycles. The van der Waals surface area contributed by atoms with Gasteiger partial charge in [0.15, 0.2) is 5.65 Å². The Morgan fingerprint density at radius 1 is 0.667 bits per heavy atom. The number of nitrogens with zero attached hydrogens (tertiary/aromatic N) is 3. The van der Waals surface area contributed by atoms with E-state index in [2.05, 4.69) is 87.2 Å². The molecule has 0 saturated heterocycles. The zero-order valence-corrected chi connectivity index (χ0v) is 16.4. The van der Waals surface area contributed by atoms with Crippen molar-refractivity contribution in [1.82, 2.24) is 14.4 Å². The summed E-state index contributed by atoms with van der Waals surface area (Å²) in [5.41, 5.74) is 7.99. The summed E-state index contributed by atoms with van der Waals surface area (Å²) in [7, 11) is 0. The predicted octanol–water partition coefficient (Wildman–Crippen LogP) is 6.76. The van der Waals surface area contributed by atoms with Gasteiger partial charge in [-0.1, -0.05) is 36.4 Å². The summed E-state index contributed by atoms with van der Waals surface area (Å²) in [6.45, 7) is 2.04. The third kappa shape index (κ3) is 1.94. The van der Waals surface area contributed by atoms with Gasteiger partial charge in [-0.25, -0.2) is 9.97 Å². The number of hydrogen-bond donors (Lipinski definition) is 0. The lowest BCUT2D eigenvalue weighted by molar-refractivity contribution is 1.20. The molecule has 0 bridgehead atoms. The van der Waals surface area contributed by atoms with Crippen LogP contribution in [0, 0.1) is 6.92 Å². The first-order valence-electron chi connectivity index (χ1n) is 10.2. The highest BCUT2D eigenvalue weighted by molar-refractivity contribution is 6.24. The Labute approximate surface area is 172 Å². The molecule has 0 N–H and O–H groups in total. The van der Waals surface area contributed by atoms with Gasteiger partial charge in [0.1, 0.15) is 0 Å². The van der Waals surface area contributed by atoms with Gasteiger partial charge in [-0.3, -0.25) is 0 Å². The quantitative estimate of drug-likeness (QED) is 0.314. The zero-order chi connectivity index (χ0) is 19.8. The van der Waals surface area contributed by atoms with E-state index in [0.29, 0.717) is 0 Å². The molecule has 0 aliphatic rings. The van der Waals surface area contributed by atoms with Crippen molar-refractivity contribution in [3.8, 4) is 11.1 Å². The van der Waals surface area contributed by atoms with E-state index in [0.717, 1.165) is 16.7 Å². The van der Waals surface area contributed by atoms with Gasteiger partial charge in [-0.05, 0) is 60.5 Å². The first kappa shape index (κ1) is 15.9. The molecular weight excluding hydrogens is 366 g/mol. The normalized spacial score (nSPS) is 12.2. The van der Waals surface area contributed by atoms with Crippen LogP contribution in [0.25, 0.3) is 60.3 Å². The Hall–Kier alpha value is -3.98. The van der Waals surface area contributed by atoms with Crippen LogP contribution >= 0.6 is 0 Å². The third-order valence-corrected chi connectivity index (χ3v) is 6.23. The fourth-order valence-corrected chi connectivity index (χ4v) is 5.03. The molecule has 0 aliphatic heterocycles. The van der Waals surface area contributed by atoms with E-state index in [4.69, 9.17) is 0 Å². The van der Waals surface area contributed by atoms with Crippen molar-refractivity contribution in [1.29, 1.82) is 0 Å². The maximum atomic E-state index is 4.64. The van der Waals surface area contributed by atoms with E-state index in [1.54, 1.807) is 0 Å². The second-order valence-electron chi connectivity index (χ2n) is 7.98. The first-order chi connectivity index (χ1) is 14.8. The maximum Gasteiger partial charge on any atom is 0.159 e. The molecule has 30 heavy (non-hydrogen) atoms. The minimum absolute atomic E-state index is 0.798. The van der Waals surface area contributed by atoms with Crippen LogP contribution in [0.5, 0.6) is 0 Å². The number of rotatable bonds is 1. The highest BCUT2D eigenvalue weighted by atomic mass is 14.9. The van der Waals surface area contributed by atoms with Crippen LogP contribution < -0.4 is 0 Å². The molecule has 0 radical (unpaired) electrons. The van der Waals surface area contributed by atoms with Crippen LogP contribution in [0.3, 0.4) is 0 Å². The fourth-order valence-electron chi connectivity index (χ4n) is 5.03. The predicted molar refractivity (Wildman–Crippen MR) is 124 cm³/mol. The van der Waals surface area contributed by atoms with E-state index in [9.17, 15) is 0 Å². The number of benzene rings is 3. The second kappa shape index (κ2) is 5.55. The number of para-hydroxylation sites is 2. The molecule has 0 fully saturated rings. The van der Waals surface area contributed by atoms with Crippen molar-refractivity contribution in [2.75, 3.05) is 0 Å². The van der Waals surface area contributed by atoms with Crippen molar-refractivity contribution in [2.45, 2.75) is 6.92 Å². The molecule has 3 aromatic carbocycles. The van der Waals surface area contributed by atoms with Gasteiger partial charge in [0, 0.05) is 38.8 Å². The summed E-state index contributed by atoms with van der Waals surface area (Å²) in [6, 6.07) is 28.4. The molecule has 3 nitrogen and oxygen atoms in total. The Bertz CT molecular complexity index is 1670. The van der Waals surface area contributed by atoms with Crippen LogP contribution in [0.4, 0.5) is 0 Å². The molecule has 0 atom stereocenters. The number of aryl methyl sites for hydroxylation is 1. The molecular formula is C27H17N3. The van der Waals surface area contributed by atoms with Crippen molar-refractivity contribution in [2.24, 2.45) is 0 Å². The second-order valence-corrected chi connectivity index (χ2v) is 7.98. The molecule has 140 valence electrons. The number of hydrogen-bond acceptors (Lipinski definition) is 2. The van der Waals surface area contributed by atoms with E-state index >= 15 is 0 Å². The fraction of sp³-hybridized carbons (Fsp3) is 0.0370. The van der Waals surface area contributed by atoms with E-state index in [1.165, 1.54) is 49.2 Å². The van der Waals surface area contributed by atoms with E-state index in [-0.39, 0.29) is 0 Å². The molecule has 4 aromatic heterocycles. The lowest BCUT2D eigenvalue weighted by atomic mass is 9.97. The summed E-state index contributed by atoms with van der Waals surface area (Å²) in [6.07, 6.45) is 1.81. The molecule has 4 heterocycles. The van der Waals surface area contributed by atoms with Gasteiger partial charge >= 0.3 is 0 Å². The van der Waals surface area contributed by atoms with Crippen LogP contribution in [-0.4, -0.2) is 14.4 Å². The Morgan fingerprint density at radius 2 is 1.30 bits per heavy atom. The van der Waals surface area contributed by atoms with Crippen LogP contribution in [0.15, 0.2) is 85.1 Å². The topological polar surface area (TPSA) is 30.2 Å². The summed E-state index contributed by atoms with van der Waals surface area (Å²) >= 11 is 0. The lowest BCUT2D eigenvalue weighted by Crippen LogP contribution is -1.90. The standard InChI is InChI=1S/C27H17N3/c1-16-13-21(20-9-6-12-28-27(20)29-16)17-14-22-18-7-2-4-10-24(18)30-25-11-5-3-8-19(25)23(15-17)26(22)30/h2-15H,1H3. The molecule has 0 unspecified atom stereocenters. The summed E-state index contributed by atoms with van der Waals surface area (Å²) in [5, 5.41) is 6.25. The lowest BCUT2D eigenvalue weighted by Gasteiger charge is -2.09. The van der Waals surface area contributed by atoms with Crippen molar-refractivity contribution < 1.29 is 0 Å². The molecule has 7 rings (SSSR count). The van der Waals surface area contributed by atoms with Crippen LogP contribution in [0.1, 0.15) is 5.69 Å². The molecule has 0 aliphatic carbocycles. The summed E-state index contributed by atoms with van der Waals surface area (Å²) in [5.74, 6) is 0. The Balaban J connectivity index is 1.73. The average molecular weight is 383 g/mol. The summed E-state index contributed by atoms with van der Waals surface area (Å²) in [4.78, 5) is 9.14. The van der Waals surface area contributed by atoms with E-state index in [1.807, 2.05) is 19.2 Å². The van der Waals surface area contributed by atoms with E-state index < -0.39 is 0 Å². The van der Waals surface area contributed by atoms with Crippen LogP contribution in [0.2, 0.25) is 0 Å². The minimum Gasteiger partial charge on any atom is -0.308 e. The van der Waals surface area contributed by atoms with Crippen molar-refractivity contribution >= 4 is 49.1 Å². The first-order valence-corrected chi connectivity index (χ1v) is 10.2. The molecule has 7 aromatic rings. The Morgan fingerprint density at radius 3 is 2.00 bits per heavy atom. The number of fused-ring (bicyclic) bond motifs is 7. The third-order valence-electron chi connectivity index (χ3n) is 6.23. The van der Waals surface area contributed by atoms with Gasteiger partial charge < -0.3 is 4.40 Å². The molecule has 3 heteroatoms. The van der Waals surface area contributed by atoms with Gasteiger partial charge in [0.05, 0.1) is 16.6 Å². The molecule has 0 spiro atoms. The molecule has 0 amide bonds. The highest BCUT2D eigenvalue weighted by Gasteiger charge is 2.19. The van der Waals surface area contributed by atoms with Gasteiger partial charge in [-0.2, -0.15) is 0 Å². The largest absolute Gasteiger partial charge is 0.308 e. The Kier molecular flexibility index (Phi) is 2.94. The van der Waals surface area contributed by atoms with Gasteiger partial charge in [0.25, 0.3) is 0 Å². The van der Waals surface area contributed by atoms with Crippen LogP contribution in [-0.2, 0) is 0 Å². The zero-order valence-electron chi connectivity index (χ0n) is 16.4. The monoisotopic (exact) mass is 383 g/mol. The van der Waals surface area contributed by atoms with Gasteiger partial charge in [0.2, 0.25) is 0 Å². The summed E-state index contributed by atoms with van der Waals surface area (Å²) < 4.78 is 2.41. The SMILES string of the molecule is Cc1cc(-c2cc3c4ccccc4n4c5ccccc5c(c2)c34)c2cccnc2n1. The minimum atomic E-state index is 0.798. The number of pyridine rings is 2. The smallest absolute Gasteiger partial charge is 0.159 e. The maximum absolute atomic E-state index is 4.64. The van der Waals surface area contributed by atoms with Crippen molar-refractivity contribution in [3.05, 3.63) is 90.8 Å². The average Bonchev–Trinajstić information content (AvgIpc) is 3.30.